The van der Waals surface area contributed by atoms with Crippen molar-refractivity contribution >= 4 is 17.3 Å². The predicted molar refractivity (Wildman–Crippen MR) is 64.8 cm³/mol. The molecule has 0 bridgehead atoms. The van der Waals surface area contributed by atoms with Crippen LogP contribution < -0.4 is 5.32 Å². The average molecular weight is 254 g/mol. The number of nitro groups is 1. The molecule has 7 nitrogen and oxygen atoms in total. The molecule has 0 saturated heterocycles. The fraction of sp³-hybridized carbons (Fsp3) is 0.364. The zero-order valence-corrected chi connectivity index (χ0v) is 9.79. The summed E-state index contributed by atoms with van der Waals surface area (Å²) in [5, 5.41) is 31.2. The van der Waals surface area contributed by atoms with Gasteiger partial charge < -0.3 is 15.5 Å². The molecule has 0 spiro atoms. The van der Waals surface area contributed by atoms with Crippen molar-refractivity contribution in [3.8, 4) is 0 Å². The van der Waals surface area contributed by atoms with E-state index in [9.17, 15) is 14.9 Å². The summed E-state index contributed by atoms with van der Waals surface area (Å²) in [5.41, 5.74) is -0.0399. The number of benzene rings is 1. The maximum absolute atomic E-state index is 11.0. The molecule has 98 valence electrons. The number of carboxylic acids is 1. The van der Waals surface area contributed by atoms with E-state index in [1.807, 2.05) is 0 Å². The number of hydrogen-bond donors (Lipinski definition) is 3. The summed E-state index contributed by atoms with van der Waals surface area (Å²) in [6.07, 6.45) is 0. The van der Waals surface area contributed by atoms with Crippen LogP contribution in [0.5, 0.6) is 0 Å². The van der Waals surface area contributed by atoms with E-state index in [4.69, 9.17) is 10.2 Å². The minimum Gasteiger partial charge on any atom is -0.478 e. The Kier molecular flexibility index (Phi) is 4.61. The molecule has 1 rings (SSSR count). The second-order valence-corrected chi connectivity index (χ2v) is 3.96. The fourth-order valence-electron chi connectivity index (χ4n) is 1.33. The third-order valence-electron chi connectivity index (χ3n) is 2.40. The SMILES string of the molecule is CC(CO)CNc1cc([N+](=O)[O-])ccc1C(=O)O. The van der Waals surface area contributed by atoms with Crippen LogP contribution >= 0.6 is 0 Å². The van der Waals surface area contributed by atoms with Crippen LogP contribution in [0.25, 0.3) is 0 Å². The molecular formula is C11H14N2O5. The highest BCUT2D eigenvalue weighted by atomic mass is 16.6. The number of nitro benzene ring substituents is 1. The molecule has 18 heavy (non-hydrogen) atoms. The number of anilines is 1. The van der Waals surface area contributed by atoms with Crippen LogP contribution in [0, 0.1) is 16.0 Å². The first-order valence-electron chi connectivity index (χ1n) is 5.32. The van der Waals surface area contributed by atoms with Crippen LogP contribution in [0.15, 0.2) is 18.2 Å². The van der Waals surface area contributed by atoms with Crippen LogP contribution in [0.3, 0.4) is 0 Å². The normalized spacial score (nSPS) is 11.9. The molecule has 1 unspecified atom stereocenters. The van der Waals surface area contributed by atoms with Gasteiger partial charge >= 0.3 is 5.97 Å². The molecule has 0 radical (unpaired) electrons. The molecule has 0 saturated carbocycles. The van der Waals surface area contributed by atoms with Gasteiger partial charge in [0.25, 0.3) is 5.69 Å². The van der Waals surface area contributed by atoms with E-state index < -0.39 is 10.9 Å². The molecule has 0 amide bonds. The van der Waals surface area contributed by atoms with Gasteiger partial charge in [0.2, 0.25) is 0 Å². The zero-order chi connectivity index (χ0) is 13.7. The standard InChI is InChI=1S/C11H14N2O5/c1-7(6-14)5-12-10-4-8(13(17)18)2-3-9(10)11(15)16/h2-4,7,12,14H,5-6H2,1H3,(H,15,16). The number of aliphatic hydroxyl groups excluding tert-OH is 1. The maximum atomic E-state index is 11.0. The predicted octanol–water partition coefficient (Wildman–Crippen LogP) is 1.33. The van der Waals surface area contributed by atoms with E-state index in [0.717, 1.165) is 6.07 Å². The van der Waals surface area contributed by atoms with Gasteiger partial charge in [0.15, 0.2) is 0 Å². The number of nitrogens with one attached hydrogen (secondary N) is 1. The summed E-state index contributed by atoms with van der Waals surface area (Å²) in [5.74, 6) is -1.24. The van der Waals surface area contributed by atoms with E-state index >= 15 is 0 Å². The Morgan fingerprint density at radius 1 is 1.56 bits per heavy atom. The molecule has 1 aromatic carbocycles. The van der Waals surface area contributed by atoms with E-state index in [1.165, 1.54) is 12.1 Å². The third-order valence-corrected chi connectivity index (χ3v) is 2.40. The van der Waals surface area contributed by atoms with Crippen molar-refractivity contribution in [3.05, 3.63) is 33.9 Å². The van der Waals surface area contributed by atoms with Crippen LogP contribution in [-0.2, 0) is 0 Å². The summed E-state index contributed by atoms with van der Waals surface area (Å²) in [6.45, 7) is 2.05. The van der Waals surface area contributed by atoms with Crippen molar-refractivity contribution in [2.45, 2.75) is 6.92 Å². The van der Waals surface area contributed by atoms with Gasteiger partial charge in [0.1, 0.15) is 0 Å². The Bertz CT molecular complexity index is 461. The quantitative estimate of drug-likeness (QED) is 0.521. The smallest absolute Gasteiger partial charge is 0.337 e. The molecule has 0 aliphatic heterocycles. The number of rotatable bonds is 6. The number of nitrogens with zero attached hydrogens (tertiary/aromatic N) is 1. The van der Waals surface area contributed by atoms with Gasteiger partial charge in [-0.25, -0.2) is 4.79 Å². The van der Waals surface area contributed by atoms with Crippen molar-refractivity contribution < 1.29 is 19.9 Å². The van der Waals surface area contributed by atoms with E-state index in [1.54, 1.807) is 6.92 Å². The van der Waals surface area contributed by atoms with Gasteiger partial charge in [-0.05, 0) is 12.0 Å². The summed E-state index contributed by atoms with van der Waals surface area (Å²) >= 11 is 0. The van der Waals surface area contributed by atoms with Crippen molar-refractivity contribution in [2.24, 2.45) is 5.92 Å². The lowest BCUT2D eigenvalue weighted by Crippen LogP contribution is -2.16. The van der Waals surface area contributed by atoms with Gasteiger partial charge in [0.05, 0.1) is 16.2 Å². The molecule has 1 atom stereocenters. The largest absolute Gasteiger partial charge is 0.478 e. The molecule has 0 fully saturated rings. The van der Waals surface area contributed by atoms with E-state index in [2.05, 4.69) is 5.32 Å². The second kappa shape index (κ2) is 5.97. The van der Waals surface area contributed by atoms with E-state index in [0.29, 0.717) is 6.54 Å². The van der Waals surface area contributed by atoms with Crippen molar-refractivity contribution in [2.75, 3.05) is 18.5 Å². The minimum absolute atomic E-state index is 0.0364. The Balaban J connectivity index is 3.00. The second-order valence-electron chi connectivity index (χ2n) is 3.96. The van der Waals surface area contributed by atoms with Crippen LogP contribution in [0.2, 0.25) is 0 Å². The van der Waals surface area contributed by atoms with Crippen molar-refractivity contribution in [1.82, 2.24) is 0 Å². The molecule has 7 heteroatoms. The highest BCUT2D eigenvalue weighted by Gasteiger charge is 2.15. The lowest BCUT2D eigenvalue weighted by molar-refractivity contribution is -0.384. The van der Waals surface area contributed by atoms with Crippen molar-refractivity contribution in [3.63, 3.8) is 0 Å². The fourth-order valence-corrected chi connectivity index (χ4v) is 1.33. The number of carbonyl (C=O) groups is 1. The molecular weight excluding hydrogens is 240 g/mol. The molecule has 0 aromatic heterocycles. The van der Waals surface area contributed by atoms with Crippen molar-refractivity contribution in [1.29, 1.82) is 0 Å². The molecule has 0 aliphatic rings. The first-order chi connectivity index (χ1) is 8.45. The lowest BCUT2D eigenvalue weighted by Gasteiger charge is -2.12. The average Bonchev–Trinajstić information content (AvgIpc) is 2.35. The minimum atomic E-state index is -1.16. The van der Waals surface area contributed by atoms with Gasteiger partial charge in [0, 0.05) is 25.3 Å². The first-order valence-corrected chi connectivity index (χ1v) is 5.32. The topological polar surface area (TPSA) is 113 Å². The summed E-state index contributed by atoms with van der Waals surface area (Å²) in [4.78, 5) is 21.0. The Hall–Kier alpha value is -2.15. The van der Waals surface area contributed by atoms with Crippen LogP contribution in [0.4, 0.5) is 11.4 Å². The monoisotopic (exact) mass is 254 g/mol. The zero-order valence-electron chi connectivity index (χ0n) is 9.79. The summed E-state index contributed by atoms with van der Waals surface area (Å²) < 4.78 is 0. The third kappa shape index (κ3) is 3.42. The lowest BCUT2D eigenvalue weighted by atomic mass is 10.1. The Morgan fingerprint density at radius 3 is 2.72 bits per heavy atom. The number of aromatic carboxylic acids is 1. The number of carboxylic acid groups (broad SMARTS) is 1. The van der Waals surface area contributed by atoms with Gasteiger partial charge in [-0.3, -0.25) is 10.1 Å². The van der Waals surface area contributed by atoms with E-state index in [-0.39, 0.29) is 29.5 Å². The number of non-ortho nitro benzene ring substituents is 1. The summed E-state index contributed by atoms with van der Waals surface area (Å²) in [6, 6.07) is 3.50. The first kappa shape index (κ1) is 13.9. The number of aliphatic hydroxyl groups is 1. The number of hydrogen-bond acceptors (Lipinski definition) is 5. The Morgan fingerprint density at radius 2 is 2.22 bits per heavy atom. The molecule has 3 N–H and O–H groups in total. The van der Waals surface area contributed by atoms with Gasteiger partial charge in [-0.2, -0.15) is 0 Å². The molecule has 1 aromatic rings. The Labute approximate surface area is 103 Å². The molecule has 0 heterocycles. The van der Waals surface area contributed by atoms with Crippen LogP contribution in [-0.4, -0.2) is 34.3 Å². The summed E-state index contributed by atoms with van der Waals surface area (Å²) in [7, 11) is 0. The van der Waals surface area contributed by atoms with Gasteiger partial charge in [-0.15, -0.1) is 0 Å². The molecule has 0 aliphatic carbocycles. The highest BCUT2D eigenvalue weighted by Crippen LogP contribution is 2.22. The van der Waals surface area contributed by atoms with Gasteiger partial charge in [-0.1, -0.05) is 6.92 Å². The maximum Gasteiger partial charge on any atom is 0.337 e. The highest BCUT2D eigenvalue weighted by molar-refractivity contribution is 5.94. The van der Waals surface area contributed by atoms with Crippen LogP contribution in [0.1, 0.15) is 17.3 Å².